The van der Waals surface area contributed by atoms with Crippen molar-refractivity contribution in [1.82, 2.24) is 9.97 Å². The van der Waals surface area contributed by atoms with Gasteiger partial charge in [0.15, 0.2) is 11.5 Å². The molecule has 5 heteroatoms. The molecule has 0 amide bonds. The molecule has 0 saturated carbocycles. The highest BCUT2D eigenvalue weighted by Crippen LogP contribution is 2.39. The Labute approximate surface area is 182 Å². The Kier molecular flexibility index (Phi) is 6.43. The lowest BCUT2D eigenvalue weighted by atomic mass is 9.96. The van der Waals surface area contributed by atoms with Crippen molar-refractivity contribution in [2.24, 2.45) is 0 Å². The molecule has 2 aromatic carbocycles. The molecule has 0 unspecified atom stereocenters. The highest BCUT2D eigenvalue weighted by atomic mass is 16.5. The van der Waals surface area contributed by atoms with Crippen LogP contribution >= 0.6 is 0 Å². The van der Waals surface area contributed by atoms with Crippen LogP contribution in [-0.4, -0.2) is 30.7 Å². The molecule has 2 aromatic heterocycles. The number of ether oxygens (including phenoxy) is 2. The summed E-state index contributed by atoms with van der Waals surface area (Å²) in [6.07, 6.45) is 8.04. The average Bonchev–Trinajstić information content (AvgIpc) is 2.85. The van der Waals surface area contributed by atoms with E-state index in [4.69, 9.17) is 9.47 Å². The third kappa shape index (κ3) is 4.51. The van der Waals surface area contributed by atoms with Gasteiger partial charge in [-0.2, -0.15) is 0 Å². The number of anilines is 2. The van der Waals surface area contributed by atoms with Gasteiger partial charge in [-0.1, -0.05) is 36.4 Å². The Bertz CT molecular complexity index is 1060. The van der Waals surface area contributed by atoms with E-state index in [0.717, 1.165) is 52.5 Å². The van der Waals surface area contributed by atoms with Gasteiger partial charge in [0, 0.05) is 24.5 Å². The first-order valence-corrected chi connectivity index (χ1v) is 10.2. The summed E-state index contributed by atoms with van der Waals surface area (Å²) in [5, 5.41) is 0. The van der Waals surface area contributed by atoms with Gasteiger partial charge in [0.25, 0.3) is 0 Å². The molecular weight excluding hydrogens is 386 g/mol. The van der Waals surface area contributed by atoms with Crippen LogP contribution in [0.4, 0.5) is 11.4 Å². The predicted molar refractivity (Wildman–Crippen MR) is 124 cm³/mol. The summed E-state index contributed by atoms with van der Waals surface area (Å²) in [7, 11) is 3.36. The molecule has 0 bridgehead atoms. The fraction of sp³-hybridized carbons (Fsp3) is 0.154. The third-order valence-electron chi connectivity index (χ3n) is 5.23. The number of benzene rings is 2. The zero-order valence-electron chi connectivity index (χ0n) is 17.7. The molecule has 2 heterocycles. The highest BCUT2D eigenvalue weighted by molar-refractivity contribution is 5.73. The summed E-state index contributed by atoms with van der Waals surface area (Å²) in [5.41, 5.74) is 5.41. The molecule has 156 valence electrons. The van der Waals surface area contributed by atoms with E-state index in [1.165, 1.54) is 0 Å². The van der Waals surface area contributed by atoms with Crippen LogP contribution in [0.3, 0.4) is 0 Å². The second-order valence-electron chi connectivity index (χ2n) is 7.02. The maximum Gasteiger partial charge on any atom is 0.164 e. The van der Waals surface area contributed by atoms with E-state index in [2.05, 4.69) is 45.2 Å². The molecule has 0 fully saturated rings. The molecule has 0 saturated heterocycles. The van der Waals surface area contributed by atoms with E-state index in [0.29, 0.717) is 0 Å². The number of methoxy groups -OCH3 is 2. The second kappa shape index (κ2) is 9.76. The minimum absolute atomic E-state index is 0.723. The molecule has 5 nitrogen and oxygen atoms in total. The maximum atomic E-state index is 5.81. The molecule has 0 N–H and O–H groups in total. The van der Waals surface area contributed by atoms with Gasteiger partial charge in [-0.05, 0) is 47.9 Å². The first kappa shape index (κ1) is 20.4. The molecule has 0 aliphatic rings. The van der Waals surface area contributed by atoms with Gasteiger partial charge in [-0.25, -0.2) is 0 Å². The van der Waals surface area contributed by atoms with Crippen LogP contribution < -0.4 is 14.4 Å². The second-order valence-corrected chi connectivity index (χ2v) is 7.02. The van der Waals surface area contributed by atoms with Crippen LogP contribution in [0.15, 0.2) is 91.5 Å². The summed E-state index contributed by atoms with van der Waals surface area (Å²) in [6.45, 7) is 0.723. The van der Waals surface area contributed by atoms with E-state index in [1.54, 1.807) is 26.6 Å². The van der Waals surface area contributed by atoms with Gasteiger partial charge < -0.3 is 14.4 Å². The fourth-order valence-electron chi connectivity index (χ4n) is 3.78. The third-order valence-corrected chi connectivity index (χ3v) is 5.23. The van der Waals surface area contributed by atoms with Crippen molar-refractivity contribution < 1.29 is 9.47 Å². The lowest BCUT2D eigenvalue weighted by molar-refractivity contribution is 0.352. The SMILES string of the molecule is COc1ccc(-c2ccccc2)c(CCN(c2cccnc2)c2cccnc2)c1OC. The van der Waals surface area contributed by atoms with E-state index < -0.39 is 0 Å². The van der Waals surface area contributed by atoms with Crippen molar-refractivity contribution in [2.75, 3.05) is 25.7 Å². The van der Waals surface area contributed by atoms with Gasteiger partial charge in [-0.3, -0.25) is 9.97 Å². The number of hydrogen-bond donors (Lipinski definition) is 0. The zero-order valence-corrected chi connectivity index (χ0v) is 17.7. The fourth-order valence-corrected chi connectivity index (χ4v) is 3.78. The van der Waals surface area contributed by atoms with Crippen molar-refractivity contribution in [1.29, 1.82) is 0 Å². The van der Waals surface area contributed by atoms with Crippen molar-refractivity contribution in [2.45, 2.75) is 6.42 Å². The summed E-state index contributed by atoms with van der Waals surface area (Å²) < 4.78 is 11.4. The van der Waals surface area contributed by atoms with Crippen LogP contribution in [0.1, 0.15) is 5.56 Å². The van der Waals surface area contributed by atoms with Crippen molar-refractivity contribution in [3.8, 4) is 22.6 Å². The van der Waals surface area contributed by atoms with Crippen LogP contribution in [0, 0.1) is 0 Å². The molecule has 31 heavy (non-hydrogen) atoms. The van der Waals surface area contributed by atoms with Crippen LogP contribution in [0.2, 0.25) is 0 Å². The van der Waals surface area contributed by atoms with Crippen LogP contribution in [0.5, 0.6) is 11.5 Å². The molecule has 0 radical (unpaired) electrons. The van der Waals surface area contributed by atoms with Gasteiger partial charge >= 0.3 is 0 Å². The Morgan fingerprint density at radius 3 is 1.97 bits per heavy atom. The number of hydrogen-bond acceptors (Lipinski definition) is 5. The van der Waals surface area contributed by atoms with Gasteiger partial charge in [0.1, 0.15) is 0 Å². The monoisotopic (exact) mass is 411 g/mol. The first-order chi connectivity index (χ1) is 15.3. The number of nitrogens with zero attached hydrogens (tertiary/aromatic N) is 3. The molecule has 0 aliphatic carbocycles. The minimum atomic E-state index is 0.723. The van der Waals surface area contributed by atoms with Crippen LogP contribution in [0.25, 0.3) is 11.1 Å². The zero-order chi connectivity index (χ0) is 21.5. The summed E-state index contributed by atoms with van der Waals surface area (Å²) >= 11 is 0. The number of rotatable bonds is 8. The molecule has 4 rings (SSSR count). The first-order valence-electron chi connectivity index (χ1n) is 10.2. The molecular formula is C26H25N3O2. The summed E-state index contributed by atoms with van der Waals surface area (Å²) in [6, 6.07) is 22.4. The van der Waals surface area contributed by atoms with Gasteiger partial charge in [-0.15, -0.1) is 0 Å². The molecule has 0 atom stereocenters. The van der Waals surface area contributed by atoms with E-state index >= 15 is 0 Å². The van der Waals surface area contributed by atoms with E-state index in [9.17, 15) is 0 Å². The maximum absolute atomic E-state index is 5.81. The van der Waals surface area contributed by atoms with Crippen molar-refractivity contribution in [3.05, 3.63) is 97.1 Å². The average molecular weight is 412 g/mol. The number of aromatic nitrogens is 2. The van der Waals surface area contributed by atoms with Gasteiger partial charge in [0.05, 0.1) is 38.0 Å². The topological polar surface area (TPSA) is 47.5 Å². The quantitative estimate of drug-likeness (QED) is 0.381. The van der Waals surface area contributed by atoms with Crippen LogP contribution in [-0.2, 0) is 6.42 Å². The highest BCUT2D eigenvalue weighted by Gasteiger charge is 2.18. The minimum Gasteiger partial charge on any atom is -0.493 e. The Balaban J connectivity index is 1.75. The summed E-state index contributed by atoms with van der Waals surface area (Å²) in [4.78, 5) is 10.8. The van der Waals surface area contributed by atoms with E-state index in [-0.39, 0.29) is 0 Å². The van der Waals surface area contributed by atoms with Crippen molar-refractivity contribution >= 4 is 11.4 Å². The van der Waals surface area contributed by atoms with Crippen molar-refractivity contribution in [3.63, 3.8) is 0 Å². The molecule has 0 spiro atoms. The predicted octanol–water partition coefficient (Wildman–Crippen LogP) is 5.54. The standard InChI is InChI=1S/C26H25N3O2/c1-30-25-13-12-23(20-8-4-3-5-9-20)24(26(25)31-2)14-17-29(21-10-6-15-27-18-21)22-11-7-16-28-19-22/h3-13,15-16,18-19H,14,17H2,1-2H3. The Morgan fingerprint density at radius 1 is 0.742 bits per heavy atom. The lowest BCUT2D eigenvalue weighted by Crippen LogP contribution is -2.21. The largest absolute Gasteiger partial charge is 0.493 e. The Morgan fingerprint density at radius 2 is 1.42 bits per heavy atom. The van der Waals surface area contributed by atoms with Gasteiger partial charge in [0.2, 0.25) is 0 Å². The van der Waals surface area contributed by atoms with E-state index in [1.807, 2.05) is 48.8 Å². The molecule has 4 aromatic rings. The smallest absolute Gasteiger partial charge is 0.164 e. The number of pyridine rings is 2. The normalized spacial score (nSPS) is 10.5. The summed E-state index contributed by atoms with van der Waals surface area (Å²) in [5.74, 6) is 1.49. The lowest BCUT2D eigenvalue weighted by Gasteiger charge is -2.26. The molecule has 0 aliphatic heterocycles. The Hall–Kier alpha value is -3.86.